The third-order valence-electron chi connectivity index (χ3n) is 4.29. The number of rotatable bonds is 1. The average Bonchev–Trinajstić information content (AvgIpc) is 2.71. The predicted molar refractivity (Wildman–Crippen MR) is 72.5 cm³/mol. The Balaban J connectivity index is 2.29. The van der Waals surface area contributed by atoms with Crippen LogP contribution in [-0.4, -0.2) is 42.0 Å². The van der Waals surface area contributed by atoms with E-state index in [1.54, 1.807) is 0 Å². The van der Waals surface area contributed by atoms with Gasteiger partial charge < -0.3 is 4.74 Å². The van der Waals surface area contributed by atoms with E-state index in [2.05, 4.69) is 25.7 Å². The van der Waals surface area contributed by atoms with Gasteiger partial charge in [0, 0.05) is 29.3 Å². The van der Waals surface area contributed by atoms with E-state index in [0.29, 0.717) is 17.6 Å². The lowest BCUT2D eigenvalue weighted by atomic mass is 9.80. The van der Waals surface area contributed by atoms with Crippen molar-refractivity contribution in [1.29, 1.82) is 0 Å². The van der Waals surface area contributed by atoms with Crippen LogP contribution in [0.2, 0.25) is 0 Å². The van der Waals surface area contributed by atoms with Crippen LogP contribution < -0.4 is 0 Å². The molecule has 2 fully saturated rings. The lowest BCUT2D eigenvalue weighted by Gasteiger charge is -2.40. The first-order valence-corrected chi connectivity index (χ1v) is 7.01. The third kappa shape index (κ3) is 2.35. The van der Waals surface area contributed by atoms with Crippen LogP contribution in [0.3, 0.4) is 0 Å². The Morgan fingerprint density at radius 1 is 1.11 bits per heavy atom. The van der Waals surface area contributed by atoms with E-state index >= 15 is 0 Å². The Morgan fingerprint density at radius 3 is 2.22 bits per heavy atom. The van der Waals surface area contributed by atoms with E-state index in [9.17, 15) is 4.79 Å². The second kappa shape index (κ2) is 4.31. The van der Waals surface area contributed by atoms with Crippen LogP contribution in [0.4, 0.5) is 0 Å². The normalized spacial score (nSPS) is 33.8. The van der Waals surface area contributed by atoms with Crippen molar-refractivity contribution >= 4 is 5.78 Å². The number of carbonyl (C=O) groups is 1. The van der Waals surface area contributed by atoms with Gasteiger partial charge in [0.2, 0.25) is 0 Å². The second-order valence-corrected chi connectivity index (χ2v) is 7.84. The fourth-order valence-electron chi connectivity index (χ4n) is 3.22. The number of Topliss-reactive ketones (excluding diaryl/α,β-unsaturated/α-hetero) is 1. The van der Waals surface area contributed by atoms with Gasteiger partial charge >= 0.3 is 0 Å². The standard InChI is InChI=1S/C15H27NO2/c1-14(2,3)13(17)12-11-9-18-8-10(11)7-16(12)15(4,5)6/h10-12H,7-9H2,1-6H3. The van der Waals surface area contributed by atoms with E-state index in [-0.39, 0.29) is 17.0 Å². The highest BCUT2D eigenvalue weighted by Crippen LogP contribution is 2.41. The highest BCUT2D eigenvalue weighted by Gasteiger charge is 2.52. The summed E-state index contributed by atoms with van der Waals surface area (Å²) in [4.78, 5) is 15.2. The van der Waals surface area contributed by atoms with Gasteiger partial charge in [-0.25, -0.2) is 0 Å². The maximum absolute atomic E-state index is 12.8. The molecule has 2 rings (SSSR count). The minimum Gasteiger partial charge on any atom is -0.381 e. The van der Waals surface area contributed by atoms with Gasteiger partial charge in [-0.05, 0) is 20.8 Å². The van der Waals surface area contributed by atoms with Crippen molar-refractivity contribution in [3.05, 3.63) is 0 Å². The molecule has 0 saturated carbocycles. The molecule has 0 amide bonds. The molecular formula is C15H27NO2. The molecule has 0 aromatic heterocycles. The molecule has 2 aliphatic rings. The van der Waals surface area contributed by atoms with Gasteiger partial charge in [0.05, 0.1) is 19.3 Å². The second-order valence-electron chi connectivity index (χ2n) is 7.84. The zero-order valence-corrected chi connectivity index (χ0v) is 12.6. The van der Waals surface area contributed by atoms with E-state index < -0.39 is 0 Å². The van der Waals surface area contributed by atoms with Gasteiger partial charge in [0.1, 0.15) is 0 Å². The summed E-state index contributed by atoms with van der Waals surface area (Å²) in [7, 11) is 0. The quantitative estimate of drug-likeness (QED) is 0.718. The summed E-state index contributed by atoms with van der Waals surface area (Å²) in [6.07, 6.45) is 0. The molecule has 2 aliphatic heterocycles. The van der Waals surface area contributed by atoms with Crippen molar-refractivity contribution in [3.63, 3.8) is 0 Å². The molecule has 3 heteroatoms. The predicted octanol–water partition coefficient (Wildman–Crippen LogP) is 2.35. The number of likely N-dealkylation sites (tertiary alicyclic amines) is 1. The van der Waals surface area contributed by atoms with E-state index in [0.717, 1.165) is 19.8 Å². The molecule has 104 valence electrons. The molecule has 0 radical (unpaired) electrons. The average molecular weight is 253 g/mol. The fourth-order valence-corrected chi connectivity index (χ4v) is 3.22. The van der Waals surface area contributed by atoms with Crippen LogP contribution in [0.15, 0.2) is 0 Å². The van der Waals surface area contributed by atoms with Gasteiger partial charge in [-0.3, -0.25) is 9.69 Å². The van der Waals surface area contributed by atoms with E-state index in [1.165, 1.54) is 0 Å². The Morgan fingerprint density at radius 2 is 1.72 bits per heavy atom. The van der Waals surface area contributed by atoms with Crippen molar-refractivity contribution in [2.24, 2.45) is 17.3 Å². The smallest absolute Gasteiger partial charge is 0.155 e. The monoisotopic (exact) mass is 253 g/mol. The summed E-state index contributed by atoms with van der Waals surface area (Å²) < 4.78 is 5.59. The number of carbonyl (C=O) groups excluding carboxylic acids is 1. The van der Waals surface area contributed by atoms with Gasteiger partial charge in [0.25, 0.3) is 0 Å². The zero-order chi connectivity index (χ0) is 13.7. The number of ketones is 1. The number of hydrogen-bond donors (Lipinski definition) is 0. The van der Waals surface area contributed by atoms with Crippen molar-refractivity contribution in [2.75, 3.05) is 19.8 Å². The Hall–Kier alpha value is -0.410. The van der Waals surface area contributed by atoms with Crippen LogP contribution in [0.25, 0.3) is 0 Å². The summed E-state index contributed by atoms with van der Waals surface area (Å²) in [5.74, 6) is 1.31. The summed E-state index contributed by atoms with van der Waals surface area (Å²) in [6, 6.07) is 0.0394. The summed E-state index contributed by atoms with van der Waals surface area (Å²) in [5.41, 5.74) is -0.221. The van der Waals surface area contributed by atoms with Crippen LogP contribution in [0.5, 0.6) is 0 Å². The molecule has 0 bridgehead atoms. The first-order chi connectivity index (χ1) is 8.12. The maximum Gasteiger partial charge on any atom is 0.155 e. The lowest BCUT2D eigenvalue weighted by molar-refractivity contribution is -0.134. The third-order valence-corrected chi connectivity index (χ3v) is 4.29. The largest absolute Gasteiger partial charge is 0.381 e. The summed E-state index contributed by atoms with van der Waals surface area (Å²) >= 11 is 0. The lowest BCUT2D eigenvalue weighted by Crippen LogP contribution is -2.52. The Kier molecular flexibility index (Phi) is 3.35. The minimum atomic E-state index is -0.272. The first-order valence-electron chi connectivity index (χ1n) is 7.01. The van der Waals surface area contributed by atoms with Gasteiger partial charge in [-0.2, -0.15) is 0 Å². The highest BCUT2D eigenvalue weighted by atomic mass is 16.5. The van der Waals surface area contributed by atoms with E-state index in [4.69, 9.17) is 4.74 Å². The van der Waals surface area contributed by atoms with Crippen molar-refractivity contribution < 1.29 is 9.53 Å². The zero-order valence-electron chi connectivity index (χ0n) is 12.6. The highest BCUT2D eigenvalue weighted by molar-refractivity contribution is 5.89. The molecule has 0 aromatic carbocycles. The first kappa shape index (κ1) is 14.0. The molecule has 2 saturated heterocycles. The maximum atomic E-state index is 12.8. The molecule has 3 unspecified atom stereocenters. The number of ether oxygens (including phenoxy) is 1. The molecule has 0 N–H and O–H groups in total. The molecule has 3 atom stereocenters. The van der Waals surface area contributed by atoms with Crippen LogP contribution in [-0.2, 0) is 9.53 Å². The molecular weight excluding hydrogens is 226 g/mol. The van der Waals surface area contributed by atoms with Crippen LogP contribution >= 0.6 is 0 Å². The molecule has 0 aliphatic carbocycles. The number of hydrogen-bond acceptors (Lipinski definition) is 3. The molecule has 18 heavy (non-hydrogen) atoms. The van der Waals surface area contributed by atoms with E-state index in [1.807, 2.05) is 20.8 Å². The Bertz CT molecular complexity index is 337. The fraction of sp³-hybridized carbons (Fsp3) is 0.933. The number of nitrogens with zero attached hydrogens (tertiary/aromatic N) is 1. The van der Waals surface area contributed by atoms with Crippen LogP contribution in [0.1, 0.15) is 41.5 Å². The number of fused-ring (bicyclic) bond motifs is 1. The van der Waals surface area contributed by atoms with Gasteiger partial charge in [-0.15, -0.1) is 0 Å². The molecule has 3 nitrogen and oxygen atoms in total. The van der Waals surface area contributed by atoms with Crippen molar-refractivity contribution in [2.45, 2.75) is 53.1 Å². The molecule has 0 aromatic rings. The van der Waals surface area contributed by atoms with Gasteiger partial charge in [0.15, 0.2) is 5.78 Å². The SMILES string of the molecule is CC(C)(C)C(=O)C1C2COCC2CN1C(C)(C)C. The van der Waals surface area contributed by atoms with Crippen molar-refractivity contribution in [3.8, 4) is 0 Å². The van der Waals surface area contributed by atoms with Crippen molar-refractivity contribution in [1.82, 2.24) is 4.90 Å². The summed E-state index contributed by atoms with van der Waals surface area (Å²) in [5, 5.41) is 0. The van der Waals surface area contributed by atoms with Gasteiger partial charge in [-0.1, -0.05) is 20.8 Å². The topological polar surface area (TPSA) is 29.5 Å². The Labute approximate surface area is 111 Å². The molecule has 0 spiro atoms. The summed E-state index contributed by atoms with van der Waals surface area (Å²) in [6.45, 7) is 15.3. The minimum absolute atomic E-state index is 0.0394. The van der Waals surface area contributed by atoms with Crippen LogP contribution in [0, 0.1) is 17.3 Å². The molecule has 2 heterocycles.